The van der Waals surface area contributed by atoms with Crippen LogP contribution >= 0.6 is 0 Å². The van der Waals surface area contributed by atoms with Crippen LogP contribution in [0.15, 0.2) is 71.6 Å². The first-order valence-electron chi connectivity index (χ1n) is 16.2. The molecule has 0 spiro atoms. The molecule has 1 unspecified atom stereocenters. The number of hydrogen-bond acceptors (Lipinski definition) is 1. The van der Waals surface area contributed by atoms with Crippen molar-refractivity contribution in [3.63, 3.8) is 0 Å². The third kappa shape index (κ3) is 5.70. The van der Waals surface area contributed by atoms with Crippen LogP contribution in [-0.2, 0) is 4.74 Å². The number of ether oxygens (including phenoxy) is 1. The first-order valence-corrected chi connectivity index (χ1v) is 16.2. The summed E-state index contributed by atoms with van der Waals surface area (Å²) in [6.45, 7) is 27.7. The van der Waals surface area contributed by atoms with Crippen LogP contribution in [0.2, 0.25) is 25.3 Å². The van der Waals surface area contributed by atoms with Crippen LogP contribution in [0.3, 0.4) is 0 Å². The predicted octanol–water partition coefficient (Wildman–Crippen LogP) is 10.7. The summed E-state index contributed by atoms with van der Waals surface area (Å²) in [5.74, 6) is 0. The van der Waals surface area contributed by atoms with Gasteiger partial charge < -0.3 is 4.74 Å². The van der Waals surface area contributed by atoms with Gasteiger partial charge in [-0.2, -0.15) is 0 Å². The SMILES string of the molecule is CC(C)(C)OC1CC(c2ccccc2)=C(B2CC(C)(C)C(C)(C)C2)C(c2ccccc2)=C1B1CC(C)(C)C(C)(C)C1. The van der Waals surface area contributed by atoms with Crippen molar-refractivity contribution < 1.29 is 4.74 Å². The molecule has 2 saturated heterocycles. The van der Waals surface area contributed by atoms with E-state index in [1.165, 1.54) is 47.6 Å². The fourth-order valence-corrected chi connectivity index (χ4v) is 8.30. The Morgan fingerprint density at radius 2 is 1.02 bits per heavy atom. The second-order valence-electron chi connectivity index (χ2n) is 17.1. The van der Waals surface area contributed by atoms with E-state index in [-0.39, 0.29) is 33.4 Å². The zero-order chi connectivity index (χ0) is 30.0. The summed E-state index contributed by atoms with van der Waals surface area (Å²) in [4.78, 5) is 0. The highest BCUT2D eigenvalue weighted by molar-refractivity contribution is 6.75. The van der Waals surface area contributed by atoms with Crippen molar-refractivity contribution in [1.82, 2.24) is 0 Å². The van der Waals surface area contributed by atoms with Crippen LogP contribution in [0, 0.1) is 21.7 Å². The van der Waals surface area contributed by atoms with E-state index in [0.717, 1.165) is 6.42 Å². The lowest BCUT2D eigenvalue weighted by molar-refractivity contribution is -0.0379. The predicted molar refractivity (Wildman–Crippen MR) is 182 cm³/mol. The van der Waals surface area contributed by atoms with E-state index in [1.807, 2.05) is 0 Å². The number of allylic oxidation sites excluding steroid dienone is 2. The van der Waals surface area contributed by atoms with E-state index < -0.39 is 0 Å². The van der Waals surface area contributed by atoms with Gasteiger partial charge in [-0.1, -0.05) is 152 Å². The minimum atomic E-state index is -0.224. The number of hydrogen-bond donors (Lipinski definition) is 0. The molecular weight excluding hydrogens is 494 g/mol. The summed E-state index contributed by atoms with van der Waals surface area (Å²) >= 11 is 0. The quantitative estimate of drug-likeness (QED) is 0.338. The molecule has 2 heterocycles. The Hall–Kier alpha value is -1.99. The number of benzene rings is 2. The molecule has 1 nitrogen and oxygen atoms in total. The van der Waals surface area contributed by atoms with E-state index in [4.69, 9.17) is 4.74 Å². The molecule has 0 N–H and O–H groups in total. The van der Waals surface area contributed by atoms with Gasteiger partial charge >= 0.3 is 0 Å². The zero-order valence-corrected chi connectivity index (χ0v) is 27.9. The van der Waals surface area contributed by atoms with Gasteiger partial charge in [0.25, 0.3) is 0 Å². The lowest BCUT2D eigenvalue weighted by Gasteiger charge is -2.40. The van der Waals surface area contributed by atoms with Gasteiger partial charge in [0.2, 0.25) is 0 Å². The van der Waals surface area contributed by atoms with Gasteiger partial charge in [0.1, 0.15) is 0 Å². The molecule has 3 aliphatic rings. The normalized spacial score (nSPS) is 25.3. The molecule has 2 aromatic carbocycles. The van der Waals surface area contributed by atoms with E-state index >= 15 is 0 Å². The third-order valence-corrected chi connectivity index (χ3v) is 11.8. The molecule has 0 bridgehead atoms. The molecule has 218 valence electrons. The van der Waals surface area contributed by atoms with Gasteiger partial charge in [-0.05, 0) is 64.7 Å². The summed E-state index contributed by atoms with van der Waals surface area (Å²) in [5.41, 5.74) is 9.87. The van der Waals surface area contributed by atoms with Crippen molar-refractivity contribution in [3.8, 4) is 0 Å². The molecule has 3 heteroatoms. The summed E-state index contributed by atoms with van der Waals surface area (Å²) in [5, 5.41) is 0. The molecule has 0 aromatic heterocycles. The van der Waals surface area contributed by atoms with Crippen molar-refractivity contribution >= 4 is 24.6 Å². The Morgan fingerprint density at radius 3 is 1.46 bits per heavy atom. The molecule has 0 radical (unpaired) electrons. The van der Waals surface area contributed by atoms with Gasteiger partial charge in [0.15, 0.2) is 13.4 Å². The molecule has 2 fully saturated rings. The van der Waals surface area contributed by atoms with Gasteiger partial charge in [0.05, 0.1) is 11.7 Å². The molecule has 1 atom stereocenters. The van der Waals surface area contributed by atoms with E-state index in [1.54, 1.807) is 10.9 Å². The minimum absolute atomic E-state index is 0.0706. The van der Waals surface area contributed by atoms with E-state index in [9.17, 15) is 0 Å². The Balaban J connectivity index is 1.84. The summed E-state index contributed by atoms with van der Waals surface area (Å²) in [6.07, 6.45) is 5.90. The molecule has 0 amide bonds. The average Bonchev–Trinajstić information content (AvgIpc) is 3.22. The minimum Gasteiger partial charge on any atom is -0.369 e. The van der Waals surface area contributed by atoms with E-state index in [0.29, 0.717) is 13.4 Å². The largest absolute Gasteiger partial charge is 0.369 e. The maximum absolute atomic E-state index is 7.14. The van der Waals surface area contributed by atoms with Crippen molar-refractivity contribution in [2.24, 2.45) is 21.7 Å². The van der Waals surface area contributed by atoms with Gasteiger partial charge in [0, 0.05) is 6.42 Å². The molecule has 5 rings (SSSR count). The van der Waals surface area contributed by atoms with Crippen LogP contribution in [0.1, 0.15) is 93.7 Å². The molecule has 2 aliphatic heterocycles. The summed E-state index contributed by atoms with van der Waals surface area (Å²) in [6, 6.07) is 22.6. The first-order chi connectivity index (χ1) is 18.9. The highest BCUT2D eigenvalue weighted by atomic mass is 16.5. The van der Waals surface area contributed by atoms with Gasteiger partial charge in [-0.25, -0.2) is 0 Å². The second kappa shape index (κ2) is 10.3. The fraction of sp³-hybridized carbons (Fsp3) is 0.579. The Bertz CT molecular complexity index is 1290. The summed E-state index contributed by atoms with van der Waals surface area (Å²) in [7, 11) is 0. The van der Waals surface area contributed by atoms with Gasteiger partial charge in [-0.15, -0.1) is 0 Å². The van der Waals surface area contributed by atoms with Crippen molar-refractivity contribution in [2.45, 2.75) is 120 Å². The maximum Gasteiger partial charge on any atom is 0.178 e. The Morgan fingerprint density at radius 1 is 0.610 bits per heavy atom. The highest BCUT2D eigenvalue weighted by Crippen LogP contribution is 2.60. The highest BCUT2D eigenvalue weighted by Gasteiger charge is 2.54. The molecular formula is C38H54B2O. The van der Waals surface area contributed by atoms with Crippen molar-refractivity contribution in [2.75, 3.05) is 0 Å². The molecule has 1 aliphatic carbocycles. The molecule has 41 heavy (non-hydrogen) atoms. The maximum atomic E-state index is 7.14. The average molecular weight is 548 g/mol. The Labute approximate surface area is 252 Å². The number of rotatable bonds is 5. The lowest BCUT2D eigenvalue weighted by atomic mass is 9.33. The lowest BCUT2D eigenvalue weighted by Crippen LogP contribution is -2.38. The van der Waals surface area contributed by atoms with Crippen LogP contribution < -0.4 is 0 Å². The van der Waals surface area contributed by atoms with Crippen LogP contribution in [0.5, 0.6) is 0 Å². The fourth-order valence-electron chi connectivity index (χ4n) is 8.30. The third-order valence-electron chi connectivity index (χ3n) is 11.8. The topological polar surface area (TPSA) is 9.23 Å². The van der Waals surface area contributed by atoms with Crippen LogP contribution in [0.4, 0.5) is 0 Å². The summed E-state index contributed by atoms with van der Waals surface area (Å²) < 4.78 is 7.14. The van der Waals surface area contributed by atoms with Gasteiger partial charge in [-0.3, -0.25) is 0 Å². The molecule has 2 aromatic rings. The first kappa shape index (κ1) is 30.5. The standard InChI is InChI=1S/C38H54B2O/c1-34(2,3)41-30-22-29(27-18-14-12-15-19-27)32(39-23-35(4,5)36(6,7)24-39)31(28-20-16-13-17-21-28)33(30)40-25-37(8,9)38(10,11)26-40/h12-21,30H,22-26H2,1-11H3. The second-order valence-corrected chi connectivity index (χ2v) is 17.1. The van der Waals surface area contributed by atoms with Crippen molar-refractivity contribution in [3.05, 3.63) is 82.7 Å². The van der Waals surface area contributed by atoms with E-state index in [2.05, 4.69) is 137 Å². The van der Waals surface area contributed by atoms with Crippen molar-refractivity contribution in [1.29, 1.82) is 0 Å². The Kier molecular flexibility index (Phi) is 7.67. The molecule has 0 saturated carbocycles. The monoisotopic (exact) mass is 548 g/mol. The zero-order valence-electron chi connectivity index (χ0n) is 27.9. The van der Waals surface area contributed by atoms with Crippen LogP contribution in [0.25, 0.3) is 11.1 Å². The van der Waals surface area contributed by atoms with Crippen LogP contribution in [-0.4, -0.2) is 25.1 Å². The smallest absolute Gasteiger partial charge is 0.178 e.